The molecule has 30 heavy (non-hydrogen) atoms. The predicted octanol–water partition coefficient (Wildman–Crippen LogP) is 4.14. The van der Waals surface area contributed by atoms with Gasteiger partial charge in [-0.05, 0) is 38.3 Å². The highest BCUT2D eigenvalue weighted by Crippen LogP contribution is 2.23. The van der Waals surface area contributed by atoms with Crippen molar-refractivity contribution in [3.63, 3.8) is 0 Å². The van der Waals surface area contributed by atoms with Crippen molar-refractivity contribution >= 4 is 52.3 Å². The van der Waals surface area contributed by atoms with E-state index in [1.165, 1.54) is 0 Å². The lowest BCUT2D eigenvalue weighted by Gasteiger charge is -2.30. The molecule has 0 saturated heterocycles. The van der Waals surface area contributed by atoms with E-state index in [4.69, 9.17) is 16.1 Å². The number of hydrogen-bond donors (Lipinski definition) is 2. The summed E-state index contributed by atoms with van der Waals surface area (Å²) in [5, 5.41) is 11.7. The summed E-state index contributed by atoms with van der Waals surface area (Å²) in [6.07, 6.45) is 4.09. The van der Waals surface area contributed by atoms with Crippen molar-refractivity contribution in [3.05, 3.63) is 35.2 Å². The lowest BCUT2D eigenvalue weighted by atomic mass is 9.95. The first kappa shape index (κ1) is 25.1. The molecular weight excluding hydrogens is 537 g/mol. The molecule has 1 aromatic carbocycles. The van der Waals surface area contributed by atoms with E-state index in [0.717, 1.165) is 43.5 Å². The predicted molar refractivity (Wildman–Crippen MR) is 133 cm³/mol. The van der Waals surface area contributed by atoms with Crippen LogP contribution in [0.1, 0.15) is 45.4 Å². The number of aliphatic imine (C=N–C) groups is 1. The molecule has 3 rings (SSSR count). The third kappa shape index (κ3) is 7.19. The number of nitrogens with zero attached hydrogens (tertiary/aromatic N) is 3. The van der Waals surface area contributed by atoms with Crippen LogP contribution >= 0.6 is 35.6 Å². The van der Waals surface area contributed by atoms with Crippen LogP contribution in [0.4, 0.5) is 0 Å². The quantitative estimate of drug-likeness (QED) is 0.298. The summed E-state index contributed by atoms with van der Waals surface area (Å²) < 4.78 is 17.5. The van der Waals surface area contributed by atoms with Crippen LogP contribution in [0.3, 0.4) is 0 Å². The zero-order valence-electron chi connectivity index (χ0n) is 17.3. The first-order chi connectivity index (χ1) is 14.1. The molecule has 0 bridgehead atoms. The number of halogens is 2. The van der Waals surface area contributed by atoms with Gasteiger partial charge < -0.3 is 15.2 Å². The van der Waals surface area contributed by atoms with Crippen LogP contribution < -0.4 is 10.6 Å². The maximum Gasteiger partial charge on any atom is 0.248 e. The molecule has 1 aromatic heterocycles. The Morgan fingerprint density at radius 3 is 2.93 bits per heavy atom. The minimum atomic E-state index is -0.746. The molecule has 1 heterocycles. The van der Waals surface area contributed by atoms with Crippen LogP contribution in [-0.4, -0.2) is 43.9 Å². The maximum absolute atomic E-state index is 12.2. The van der Waals surface area contributed by atoms with Gasteiger partial charge in [-0.1, -0.05) is 42.2 Å². The molecule has 1 aliphatic rings. The van der Waals surface area contributed by atoms with Gasteiger partial charge in [-0.2, -0.15) is 4.98 Å². The molecule has 0 aliphatic heterocycles. The molecule has 1 fully saturated rings. The topological polar surface area (TPSA) is 92.4 Å². The van der Waals surface area contributed by atoms with Crippen molar-refractivity contribution in [3.8, 4) is 11.4 Å². The minimum Gasteiger partial charge on any atom is -0.357 e. The summed E-state index contributed by atoms with van der Waals surface area (Å²) in [6.45, 7) is 5.04. The Balaban J connectivity index is 0.00000320. The molecule has 3 atom stereocenters. The second-order valence-electron chi connectivity index (χ2n) is 7.02. The van der Waals surface area contributed by atoms with Crippen molar-refractivity contribution in [2.75, 3.05) is 12.3 Å². The highest BCUT2D eigenvalue weighted by atomic mass is 127. The second kappa shape index (κ2) is 12.6. The summed E-state index contributed by atoms with van der Waals surface area (Å²) in [4.78, 5) is 9.00. The number of nitrogens with one attached hydrogen (secondary N) is 2. The Morgan fingerprint density at radius 1 is 1.37 bits per heavy atom. The van der Waals surface area contributed by atoms with Gasteiger partial charge >= 0.3 is 0 Å². The van der Waals surface area contributed by atoms with Gasteiger partial charge in [0.1, 0.15) is 6.54 Å². The average Bonchev–Trinajstić information content (AvgIpc) is 3.21. The fourth-order valence-corrected chi connectivity index (χ4v) is 5.01. The zero-order chi connectivity index (χ0) is 20.6. The van der Waals surface area contributed by atoms with Gasteiger partial charge in [0.25, 0.3) is 0 Å². The fourth-order valence-electron chi connectivity index (χ4n) is 3.47. The number of benzene rings is 1. The summed E-state index contributed by atoms with van der Waals surface area (Å²) >= 11 is 6.03. The Morgan fingerprint density at radius 2 is 2.20 bits per heavy atom. The van der Waals surface area contributed by atoms with Crippen molar-refractivity contribution in [2.24, 2.45) is 4.99 Å². The zero-order valence-corrected chi connectivity index (χ0v) is 21.2. The molecule has 0 amide bonds. The van der Waals surface area contributed by atoms with Gasteiger partial charge in [-0.25, -0.2) is 4.99 Å². The van der Waals surface area contributed by atoms with Crippen LogP contribution in [0.2, 0.25) is 5.02 Å². The third-order valence-electron chi connectivity index (χ3n) is 4.89. The van der Waals surface area contributed by atoms with E-state index < -0.39 is 10.8 Å². The summed E-state index contributed by atoms with van der Waals surface area (Å²) in [7, 11) is -0.746. The van der Waals surface area contributed by atoms with E-state index in [2.05, 4.69) is 25.8 Å². The first-order valence-corrected chi connectivity index (χ1v) is 11.9. The molecule has 1 aliphatic carbocycles. The van der Waals surface area contributed by atoms with E-state index in [1.54, 1.807) is 12.1 Å². The Bertz CT molecular complexity index is 863. The molecule has 0 spiro atoms. The van der Waals surface area contributed by atoms with Gasteiger partial charge in [0.05, 0.1) is 0 Å². The van der Waals surface area contributed by atoms with E-state index >= 15 is 0 Å². The second-order valence-corrected chi connectivity index (χ2v) is 9.46. The number of rotatable bonds is 7. The van der Waals surface area contributed by atoms with Gasteiger partial charge in [0.2, 0.25) is 11.7 Å². The third-order valence-corrected chi connectivity index (χ3v) is 6.87. The van der Waals surface area contributed by atoms with Crippen molar-refractivity contribution in [2.45, 2.75) is 57.4 Å². The van der Waals surface area contributed by atoms with E-state index in [0.29, 0.717) is 22.7 Å². The number of guanidine groups is 1. The van der Waals surface area contributed by atoms with Crippen LogP contribution in [0.25, 0.3) is 11.4 Å². The standard InChI is InChI=1S/C20H28ClN5O2S.HI/c1-3-22-20(24-16-9-6-10-17(12-16)29(27)4-2)23-13-18-25-19(26-28-18)14-7-5-8-15(21)11-14;/h5,7-8,11,16-17H,3-4,6,9-10,12-13H2,1-2H3,(H2,22,23,24);1H. The molecule has 0 radical (unpaired) electrons. The van der Waals surface area contributed by atoms with Crippen LogP contribution in [-0.2, 0) is 17.3 Å². The van der Waals surface area contributed by atoms with Crippen molar-refractivity contribution in [1.82, 2.24) is 20.8 Å². The lowest BCUT2D eigenvalue weighted by Crippen LogP contribution is -2.46. The van der Waals surface area contributed by atoms with Crippen LogP contribution in [0.5, 0.6) is 0 Å². The van der Waals surface area contributed by atoms with Gasteiger partial charge in [-0.15, -0.1) is 24.0 Å². The van der Waals surface area contributed by atoms with Crippen molar-refractivity contribution < 1.29 is 8.73 Å². The molecule has 166 valence electrons. The van der Waals surface area contributed by atoms with E-state index in [-0.39, 0.29) is 41.8 Å². The minimum absolute atomic E-state index is 0. The largest absolute Gasteiger partial charge is 0.357 e. The van der Waals surface area contributed by atoms with E-state index in [1.807, 2.05) is 26.0 Å². The molecule has 2 N–H and O–H groups in total. The Kier molecular flexibility index (Phi) is 10.5. The summed E-state index contributed by atoms with van der Waals surface area (Å²) in [5.74, 6) is 2.36. The smallest absolute Gasteiger partial charge is 0.248 e. The van der Waals surface area contributed by atoms with Gasteiger partial charge in [0, 0.05) is 45.0 Å². The van der Waals surface area contributed by atoms with Crippen LogP contribution in [0.15, 0.2) is 33.8 Å². The monoisotopic (exact) mass is 565 g/mol. The fraction of sp³-hybridized carbons (Fsp3) is 0.550. The number of aromatic nitrogens is 2. The molecule has 3 unspecified atom stereocenters. The first-order valence-electron chi connectivity index (χ1n) is 10.1. The van der Waals surface area contributed by atoms with Crippen LogP contribution in [0, 0.1) is 0 Å². The molecule has 10 heteroatoms. The summed E-state index contributed by atoms with van der Waals surface area (Å²) in [6, 6.07) is 7.60. The van der Waals surface area contributed by atoms with Gasteiger partial charge in [0.15, 0.2) is 5.96 Å². The highest BCUT2D eigenvalue weighted by Gasteiger charge is 2.26. The normalized spacial score (nSPS) is 20.3. The maximum atomic E-state index is 12.2. The summed E-state index contributed by atoms with van der Waals surface area (Å²) in [5.41, 5.74) is 0.804. The molecule has 7 nitrogen and oxygen atoms in total. The Labute approximate surface area is 202 Å². The Hall–Kier alpha value is -1.20. The average molecular weight is 566 g/mol. The van der Waals surface area contributed by atoms with E-state index in [9.17, 15) is 4.21 Å². The SMILES string of the molecule is CCNC(=NCc1nc(-c2cccc(Cl)c2)no1)NC1CCCC(S(=O)CC)C1.I. The number of hydrogen-bond acceptors (Lipinski definition) is 5. The molecule has 1 saturated carbocycles. The van der Waals surface area contributed by atoms with Gasteiger partial charge in [-0.3, -0.25) is 4.21 Å². The molecule has 2 aromatic rings. The lowest BCUT2D eigenvalue weighted by molar-refractivity contribution is 0.379. The highest BCUT2D eigenvalue weighted by molar-refractivity contribution is 14.0. The molecular formula is C20H29ClIN5O2S. The van der Waals surface area contributed by atoms with Crippen molar-refractivity contribution in [1.29, 1.82) is 0 Å².